The number of aliphatic carboxylic acids is 1. The minimum atomic E-state index is -1.85. The van der Waals surface area contributed by atoms with E-state index in [0.717, 1.165) is 0 Å². The average Bonchev–Trinajstić information content (AvgIpc) is 3.48. The number of hydrogen-bond donors (Lipinski definition) is 6. The summed E-state index contributed by atoms with van der Waals surface area (Å²) in [5.41, 5.74) is -6.67. The number of carboxylic acids is 1. The third kappa shape index (κ3) is 3.93. The van der Waals surface area contributed by atoms with Crippen molar-refractivity contribution in [2.45, 2.75) is 107 Å². The first kappa shape index (κ1) is 32.6. The molecule has 7 rings (SSSR count). The molecule has 6 N–H and O–H groups in total. The molecule has 5 heterocycles. The smallest absolute Gasteiger partial charge is 0.335 e. The minimum absolute atomic E-state index is 0.133. The molecule has 1 aromatic rings. The Morgan fingerprint density at radius 1 is 1.09 bits per heavy atom. The number of ether oxygens (including phenoxy) is 5. The molecule has 4 aliphatic heterocycles. The molecule has 4 saturated heterocycles. The quantitative estimate of drug-likeness (QED) is 0.177. The summed E-state index contributed by atoms with van der Waals surface area (Å²) in [6, 6.07) is 1.56. The number of hydrogen-bond acceptors (Lipinski definition) is 14. The number of ketones is 1. The van der Waals surface area contributed by atoms with Crippen molar-refractivity contribution < 1.29 is 73.1 Å². The van der Waals surface area contributed by atoms with Crippen LogP contribution in [0.1, 0.15) is 58.6 Å². The zero-order valence-electron chi connectivity index (χ0n) is 26.3. The number of furan rings is 1. The van der Waals surface area contributed by atoms with Gasteiger partial charge in [-0.3, -0.25) is 9.59 Å². The zero-order chi connectivity index (χ0) is 34.1. The second-order valence-electron chi connectivity index (χ2n) is 14.6. The standard InChI is InChI=1S/C32H40O15/c1-28(2)22-21(38)23(39)30(4)15(31(22)12-43-17(34)9-16(31)46-28)5-7-29(3,32(30)25(47-32)26(40)41)24(13-6-8-42-11-13)45-27-20(37)19(36)18(35)14(10-33)44-27/h6,8,11,14-16,18-20,24-25,27,33,35-38H,5,7,9-10,12H2,1-4H3,(H,40,41). The van der Waals surface area contributed by atoms with Crippen molar-refractivity contribution >= 4 is 17.7 Å². The molecular formula is C32H40O15. The van der Waals surface area contributed by atoms with Crippen molar-refractivity contribution in [1.82, 2.24) is 0 Å². The molecule has 47 heavy (non-hydrogen) atoms. The van der Waals surface area contributed by atoms with Crippen LogP contribution in [0.3, 0.4) is 0 Å². The van der Waals surface area contributed by atoms with Crippen LogP contribution in [0.15, 0.2) is 34.3 Å². The van der Waals surface area contributed by atoms with E-state index < -0.39 is 112 Å². The van der Waals surface area contributed by atoms with E-state index in [1.807, 2.05) is 0 Å². The van der Waals surface area contributed by atoms with E-state index in [0.29, 0.717) is 11.1 Å². The highest BCUT2D eigenvalue weighted by Crippen LogP contribution is 2.78. The number of rotatable bonds is 6. The molecule has 2 aliphatic carbocycles. The summed E-state index contributed by atoms with van der Waals surface area (Å²) in [5, 5.41) is 63.9. The minimum Gasteiger partial charge on any atom is -0.504 e. The zero-order valence-corrected chi connectivity index (χ0v) is 26.3. The Labute approximate surface area is 269 Å². The molecule has 1 saturated carbocycles. The fourth-order valence-corrected chi connectivity index (χ4v) is 10.1. The molecule has 0 radical (unpaired) electrons. The summed E-state index contributed by atoms with van der Waals surface area (Å²) in [4.78, 5) is 40.1. The first-order valence-electron chi connectivity index (χ1n) is 15.7. The Morgan fingerprint density at radius 3 is 2.43 bits per heavy atom. The molecule has 2 spiro atoms. The van der Waals surface area contributed by atoms with E-state index in [2.05, 4.69) is 0 Å². The number of epoxide rings is 1. The van der Waals surface area contributed by atoms with Gasteiger partial charge in [-0.2, -0.15) is 0 Å². The van der Waals surface area contributed by atoms with Gasteiger partial charge in [0.05, 0.1) is 54.2 Å². The summed E-state index contributed by atoms with van der Waals surface area (Å²) in [6.07, 6.45) is -8.69. The van der Waals surface area contributed by atoms with E-state index in [1.165, 1.54) is 12.5 Å². The number of fused-ring (bicyclic) bond motifs is 2. The molecule has 15 nitrogen and oxygen atoms in total. The number of esters is 1. The highest BCUT2D eigenvalue weighted by Gasteiger charge is 2.88. The number of aliphatic hydroxyl groups is 5. The summed E-state index contributed by atoms with van der Waals surface area (Å²) in [6.45, 7) is 5.78. The fraction of sp³-hybridized carbons (Fsp3) is 0.719. The maximum atomic E-state index is 14.7. The van der Waals surface area contributed by atoms with Gasteiger partial charge in [-0.1, -0.05) is 6.92 Å². The van der Waals surface area contributed by atoms with Crippen LogP contribution >= 0.6 is 0 Å². The van der Waals surface area contributed by atoms with Crippen LogP contribution < -0.4 is 0 Å². The third-order valence-corrected chi connectivity index (χ3v) is 12.1. The van der Waals surface area contributed by atoms with E-state index in [1.54, 1.807) is 33.8 Å². The highest BCUT2D eigenvalue weighted by molar-refractivity contribution is 6.03. The van der Waals surface area contributed by atoms with Crippen molar-refractivity contribution in [3.05, 3.63) is 35.5 Å². The Hall–Kier alpha value is -2.89. The lowest BCUT2D eigenvalue weighted by atomic mass is 9.39. The predicted octanol–water partition coefficient (Wildman–Crippen LogP) is 0.288. The summed E-state index contributed by atoms with van der Waals surface area (Å²) >= 11 is 0. The van der Waals surface area contributed by atoms with Gasteiger partial charge in [0.1, 0.15) is 36.6 Å². The van der Waals surface area contributed by atoms with Gasteiger partial charge in [-0.25, -0.2) is 4.79 Å². The molecule has 0 bridgehead atoms. The van der Waals surface area contributed by atoms with E-state index in [9.17, 15) is 45.0 Å². The molecule has 6 aliphatic rings. The number of carbonyl (C=O) groups excluding carboxylic acids is 2. The third-order valence-electron chi connectivity index (χ3n) is 12.1. The number of aliphatic hydroxyl groups excluding tert-OH is 5. The summed E-state index contributed by atoms with van der Waals surface area (Å²) in [5.74, 6) is -3.91. The van der Waals surface area contributed by atoms with Gasteiger partial charge >= 0.3 is 11.9 Å². The topological polar surface area (TPSA) is 235 Å². The van der Waals surface area contributed by atoms with Crippen LogP contribution in [0, 0.1) is 22.2 Å². The number of carbonyl (C=O) groups is 3. The first-order chi connectivity index (χ1) is 22.0. The molecule has 258 valence electrons. The second-order valence-corrected chi connectivity index (χ2v) is 14.6. The largest absolute Gasteiger partial charge is 0.504 e. The van der Waals surface area contributed by atoms with Crippen LogP contribution in [-0.4, -0.2) is 116 Å². The maximum Gasteiger partial charge on any atom is 0.335 e. The predicted molar refractivity (Wildman–Crippen MR) is 152 cm³/mol. The molecule has 5 fully saturated rings. The normalized spacial score (nSPS) is 47.6. The van der Waals surface area contributed by atoms with E-state index in [-0.39, 0.29) is 25.9 Å². The highest BCUT2D eigenvalue weighted by atomic mass is 16.7. The lowest BCUT2D eigenvalue weighted by molar-refractivity contribution is -0.327. The maximum absolute atomic E-state index is 14.7. The van der Waals surface area contributed by atoms with Gasteiger partial charge in [-0.15, -0.1) is 0 Å². The number of Topliss-reactive ketones (excluding diaryl/α,β-unsaturated/α-hetero) is 1. The lowest BCUT2D eigenvalue weighted by Gasteiger charge is -2.62. The fourth-order valence-electron chi connectivity index (χ4n) is 10.1. The van der Waals surface area contributed by atoms with Crippen LogP contribution in [0.25, 0.3) is 0 Å². The Morgan fingerprint density at radius 2 is 1.81 bits per heavy atom. The molecule has 13 unspecified atom stereocenters. The van der Waals surface area contributed by atoms with Crippen molar-refractivity contribution in [1.29, 1.82) is 0 Å². The summed E-state index contributed by atoms with van der Waals surface area (Å²) in [7, 11) is 0. The van der Waals surface area contributed by atoms with Gasteiger partial charge in [0.15, 0.2) is 18.2 Å². The second kappa shape index (κ2) is 10.3. The first-order valence-corrected chi connectivity index (χ1v) is 15.7. The van der Waals surface area contributed by atoms with Gasteiger partial charge < -0.3 is 58.7 Å². The van der Waals surface area contributed by atoms with Crippen LogP contribution in [0.4, 0.5) is 0 Å². The SMILES string of the molecule is CC1(C)OC2CC(=O)OCC23C1=C(O)C(=O)C1(C)C3CCC(C)(C(OC2OC(CO)C(O)C(O)C2O)c2ccoc2)C12OC2C(=O)O. The number of allylic oxidation sites excluding steroid dienone is 1. The molecule has 13 atom stereocenters. The monoisotopic (exact) mass is 664 g/mol. The lowest BCUT2D eigenvalue weighted by Crippen LogP contribution is -2.70. The molecular weight excluding hydrogens is 624 g/mol. The number of carboxylic acid groups (broad SMARTS) is 1. The number of cyclic esters (lactones) is 1. The van der Waals surface area contributed by atoms with Crippen molar-refractivity contribution in [3.63, 3.8) is 0 Å². The average molecular weight is 665 g/mol. The van der Waals surface area contributed by atoms with E-state index in [4.69, 9.17) is 28.1 Å². The van der Waals surface area contributed by atoms with Crippen molar-refractivity contribution in [2.75, 3.05) is 13.2 Å². The Kier molecular flexibility index (Phi) is 7.16. The molecule has 1 aromatic heterocycles. The van der Waals surface area contributed by atoms with Crippen LogP contribution in [0.5, 0.6) is 0 Å². The van der Waals surface area contributed by atoms with Crippen molar-refractivity contribution in [2.24, 2.45) is 22.2 Å². The molecule has 0 amide bonds. The molecule has 15 heteroatoms. The van der Waals surface area contributed by atoms with Crippen LogP contribution in [0.2, 0.25) is 0 Å². The van der Waals surface area contributed by atoms with Crippen molar-refractivity contribution in [3.8, 4) is 0 Å². The Bertz CT molecular complexity index is 1520. The summed E-state index contributed by atoms with van der Waals surface area (Å²) < 4.78 is 35.7. The van der Waals surface area contributed by atoms with Crippen LogP contribution in [-0.2, 0) is 38.1 Å². The van der Waals surface area contributed by atoms with E-state index >= 15 is 0 Å². The molecule has 0 aromatic carbocycles. The van der Waals surface area contributed by atoms with Gasteiger partial charge in [0, 0.05) is 16.6 Å². The van der Waals surface area contributed by atoms with Gasteiger partial charge in [0.2, 0.25) is 5.78 Å². The van der Waals surface area contributed by atoms with Gasteiger partial charge in [0.25, 0.3) is 0 Å². The Balaban J connectivity index is 1.39. The van der Waals surface area contributed by atoms with Gasteiger partial charge in [-0.05, 0) is 45.6 Å².